The van der Waals surface area contributed by atoms with Crippen molar-refractivity contribution in [3.05, 3.63) is 27.2 Å². The number of aryl methyl sites for hydroxylation is 1. The number of carbonyl (C=O) groups is 2. The first-order valence-corrected chi connectivity index (χ1v) is 7.06. The molecule has 5 nitrogen and oxygen atoms in total. The van der Waals surface area contributed by atoms with Crippen LogP contribution in [0.15, 0.2) is 16.6 Å². The molecule has 1 aromatic carbocycles. The van der Waals surface area contributed by atoms with Crippen molar-refractivity contribution in [3.63, 3.8) is 0 Å². The van der Waals surface area contributed by atoms with Crippen LogP contribution in [0.25, 0.3) is 0 Å². The van der Waals surface area contributed by atoms with Gasteiger partial charge in [-0.3, -0.25) is 4.79 Å². The van der Waals surface area contributed by atoms with Gasteiger partial charge >= 0.3 is 5.97 Å². The summed E-state index contributed by atoms with van der Waals surface area (Å²) in [6.07, 6.45) is 0. The number of amides is 1. The van der Waals surface area contributed by atoms with E-state index in [-0.39, 0.29) is 12.5 Å². The topological polar surface area (TPSA) is 67.4 Å². The van der Waals surface area contributed by atoms with Crippen LogP contribution in [0.4, 0.5) is 5.69 Å². The van der Waals surface area contributed by atoms with E-state index in [4.69, 9.17) is 11.6 Å². The highest BCUT2D eigenvalue weighted by Crippen LogP contribution is 2.29. The zero-order valence-electron chi connectivity index (χ0n) is 11.4. The molecule has 1 rings (SSSR count). The van der Waals surface area contributed by atoms with Gasteiger partial charge < -0.3 is 15.4 Å². The van der Waals surface area contributed by atoms with Crippen LogP contribution in [0, 0.1) is 6.92 Å². The molecule has 0 radical (unpaired) electrons. The third kappa shape index (κ3) is 4.68. The smallest absolute Gasteiger partial charge is 0.330 e. The van der Waals surface area contributed by atoms with Gasteiger partial charge in [0.05, 0.1) is 12.8 Å². The lowest BCUT2D eigenvalue weighted by atomic mass is 10.2. The van der Waals surface area contributed by atoms with E-state index >= 15 is 0 Å². The summed E-state index contributed by atoms with van der Waals surface area (Å²) < 4.78 is 5.47. The van der Waals surface area contributed by atoms with E-state index in [9.17, 15) is 9.59 Å². The fourth-order valence-corrected chi connectivity index (χ4v) is 2.34. The van der Waals surface area contributed by atoms with Gasteiger partial charge in [-0.15, -0.1) is 0 Å². The summed E-state index contributed by atoms with van der Waals surface area (Å²) in [5, 5.41) is 6.19. The van der Waals surface area contributed by atoms with Crippen LogP contribution >= 0.6 is 27.5 Å². The summed E-state index contributed by atoms with van der Waals surface area (Å²) in [6.45, 7) is 3.43. The van der Waals surface area contributed by atoms with Crippen LogP contribution in [0.1, 0.15) is 12.5 Å². The molecule has 0 saturated heterocycles. The molecule has 0 fully saturated rings. The summed E-state index contributed by atoms with van der Waals surface area (Å²) in [5.41, 5.74) is 1.68. The summed E-state index contributed by atoms with van der Waals surface area (Å²) in [4.78, 5) is 22.6. The summed E-state index contributed by atoms with van der Waals surface area (Å²) in [7, 11) is 1.27. The number of nitrogens with one attached hydrogen (secondary N) is 2. The number of hydrogen-bond donors (Lipinski definition) is 2. The number of anilines is 1. The van der Waals surface area contributed by atoms with E-state index in [0.717, 1.165) is 15.7 Å². The Morgan fingerprint density at radius 3 is 2.65 bits per heavy atom. The van der Waals surface area contributed by atoms with Crippen molar-refractivity contribution in [2.45, 2.75) is 19.9 Å². The molecule has 1 unspecified atom stereocenters. The fraction of sp³-hybridized carbons (Fsp3) is 0.385. The van der Waals surface area contributed by atoms with Crippen molar-refractivity contribution >= 4 is 45.1 Å². The van der Waals surface area contributed by atoms with Gasteiger partial charge in [0.1, 0.15) is 6.04 Å². The third-order valence-electron chi connectivity index (χ3n) is 2.61. The molecule has 0 aromatic heterocycles. The molecule has 1 atom stereocenters. The normalized spacial score (nSPS) is 11.7. The van der Waals surface area contributed by atoms with E-state index in [0.29, 0.717) is 5.02 Å². The molecule has 0 spiro atoms. The number of carbonyl (C=O) groups excluding carboxylic acids is 2. The van der Waals surface area contributed by atoms with Gasteiger partial charge in [-0.2, -0.15) is 0 Å². The lowest BCUT2D eigenvalue weighted by molar-refractivity contribution is -0.144. The Morgan fingerprint density at radius 1 is 1.45 bits per heavy atom. The van der Waals surface area contributed by atoms with Gasteiger partial charge in [0.15, 0.2) is 0 Å². The average molecular weight is 364 g/mol. The van der Waals surface area contributed by atoms with Gasteiger partial charge in [-0.05, 0) is 40.5 Å². The fourth-order valence-electron chi connectivity index (χ4n) is 1.57. The zero-order valence-corrected chi connectivity index (χ0v) is 13.8. The SMILES string of the molecule is COC(=O)C(CNc1cc(Cl)c(C)cc1Br)NC(C)=O. The van der Waals surface area contributed by atoms with E-state index in [1.807, 2.05) is 13.0 Å². The summed E-state index contributed by atoms with van der Waals surface area (Å²) in [6, 6.07) is 2.86. The van der Waals surface area contributed by atoms with Crippen molar-refractivity contribution in [1.29, 1.82) is 0 Å². The maximum absolute atomic E-state index is 11.6. The lowest BCUT2D eigenvalue weighted by Crippen LogP contribution is -2.45. The van der Waals surface area contributed by atoms with Gasteiger partial charge in [0.25, 0.3) is 0 Å². The molecule has 0 aliphatic rings. The van der Waals surface area contributed by atoms with E-state index in [1.165, 1.54) is 14.0 Å². The Morgan fingerprint density at radius 2 is 2.10 bits per heavy atom. The number of methoxy groups -OCH3 is 1. The molecule has 1 aromatic rings. The molecule has 2 N–H and O–H groups in total. The Hall–Kier alpha value is -1.27. The minimum absolute atomic E-state index is 0.199. The van der Waals surface area contributed by atoms with Gasteiger partial charge in [-0.25, -0.2) is 4.79 Å². The third-order valence-corrected chi connectivity index (χ3v) is 3.67. The quantitative estimate of drug-likeness (QED) is 0.789. The van der Waals surface area contributed by atoms with Crippen molar-refractivity contribution in [2.75, 3.05) is 19.0 Å². The van der Waals surface area contributed by atoms with Crippen LogP contribution in [-0.2, 0) is 14.3 Å². The maximum Gasteiger partial charge on any atom is 0.330 e. The minimum Gasteiger partial charge on any atom is -0.467 e. The van der Waals surface area contributed by atoms with Gasteiger partial charge in [0.2, 0.25) is 5.91 Å². The molecule has 7 heteroatoms. The molecule has 0 bridgehead atoms. The molecular formula is C13H16BrClN2O3. The van der Waals surface area contributed by atoms with Crippen molar-refractivity contribution in [2.24, 2.45) is 0 Å². The van der Waals surface area contributed by atoms with E-state index in [1.54, 1.807) is 6.07 Å². The second-order valence-electron chi connectivity index (χ2n) is 4.24. The van der Waals surface area contributed by atoms with Crippen LogP contribution in [-0.4, -0.2) is 31.6 Å². The Balaban J connectivity index is 2.79. The van der Waals surface area contributed by atoms with Crippen LogP contribution in [0.5, 0.6) is 0 Å². The molecule has 0 saturated carbocycles. The van der Waals surface area contributed by atoms with Gasteiger partial charge in [0, 0.05) is 23.0 Å². The number of ether oxygens (including phenoxy) is 1. The van der Waals surface area contributed by atoms with Crippen molar-refractivity contribution in [1.82, 2.24) is 5.32 Å². The average Bonchev–Trinajstić information content (AvgIpc) is 2.38. The first-order chi connectivity index (χ1) is 9.35. The van der Waals surface area contributed by atoms with Crippen molar-refractivity contribution < 1.29 is 14.3 Å². The summed E-state index contributed by atoms with van der Waals surface area (Å²) in [5.74, 6) is -0.815. The van der Waals surface area contributed by atoms with E-state index in [2.05, 4.69) is 31.3 Å². The van der Waals surface area contributed by atoms with Crippen molar-refractivity contribution in [3.8, 4) is 0 Å². The predicted octanol–water partition coefficient (Wildman–Crippen LogP) is 2.50. The van der Waals surface area contributed by atoms with Gasteiger partial charge in [-0.1, -0.05) is 11.6 Å². The monoisotopic (exact) mass is 362 g/mol. The number of halogens is 2. The largest absolute Gasteiger partial charge is 0.467 e. The molecule has 0 heterocycles. The zero-order chi connectivity index (χ0) is 15.3. The standard InChI is InChI=1S/C13H16BrClN2O3/c1-7-4-9(14)11(5-10(7)15)16-6-12(13(19)20-3)17-8(2)18/h4-5,12,16H,6H2,1-3H3,(H,17,18). The van der Waals surface area contributed by atoms with Crippen LogP contribution in [0.3, 0.4) is 0 Å². The molecule has 20 heavy (non-hydrogen) atoms. The first-order valence-electron chi connectivity index (χ1n) is 5.89. The molecule has 0 aliphatic heterocycles. The highest BCUT2D eigenvalue weighted by Gasteiger charge is 2.20. The first kappa shape index (κ1) is 16.8. The van der Waals surface area contributed by atoms with E-state index < -0.39 is 12.0 Å². The molecule has 0 aliphatic carbocycles. The second-order valence-corrected chi connectivity index (χ2v) is 5.50. The minimum atomic E-state index is -0.760. The number of benzene rings is 1. The Kier molecular flexibility index (Phi) is 6.29. The number of hydrogen-bond acceptors (Lipinski definition) is 4. The maximum atomic E-state index is 11.6. The van der Waals surface area contributed by atoms with Crippen LogP contribution < -0.4 is 10.6 Å². The highest BCUT2D eigenvalue weighted by atomic mass is 79.9. The predicted molar refractivity (Wildman–Crippen MR) is 82.0 cm³/mol. The molecular weight excluding hydrogens is 348 g/mol. The highest BCUT2D eigenvalue weighted by molar-refractivity contribution is 9.10. The number of rotatable bonds is 5. The lowest BCUT2D eigenvalue weighted by Gasteiger charge is -2.18. The number of esters is 1. The second kappa shape index (κ2) is 7.50. The Labute approximate surface area is 131 Å². The summed E-state index contributed by atoms with van der Waals surface area (Å²) >= 11 is 9.46. The molecule has 110 valence electrons. The Bertz CT molecular complexity index is 523. The molecule has 1 amide bonds. The van der Waals surface area contributed by atoms with Crippen LogP contribution in [0.2, 0.25) is 5.02 Å².